The zero-order valence-electron chi connectivity index (χ0n) is 16.9. The summed E-state index contributed by atoms with van der Waals surface area (Å²) in [6, 6.07) is 21.3. The lowest BCUT2D eigenvalue weighted by Crippen LogP contribution is -2.23. The Labute approximate surface area is 198 Å². The maximum atomic E-state index is 13.1. The van der Waals surface area contributed by atoms with Gasteiger partial charge >= 0.3 is 0 Å². The van der Waals surface area contributed by atoms with Gasteiger partial charge in [-0.3, -0.25) is 4.79 Å². The van der Waals surface area contributed by atoms with Gasteiger partial charge in [-0.15, -0.1) is 0 Å². The van der Waals surface area contributed by atoms with Crippen LogP contribution in [0.3, 0.4) is 0 Å². The Morgan fingerprint density at radius 3 is 2.32 bits per heavy atom. The molecule has 4 nitrogen and oxygen atoms in total. The molecule has 0 unspecified atom stereocenters. The maximum Gasteiger partial charge on any atom is 0.282 e. The number of benzene rings is 3. The molecule has 0 aliphatic rings. The molecule has 31 heavy (non-hydrogen) atoms. The van der Waals surface area contributed by atoms with E-state index in [0.717, 1.165) is 24.8 Å². The Kier molecular flexibility index (Phi) is 6.60. The second kappa shape index (κ2) is 9.39. The van der Waals surface area contributed by atoms with Gasteiger partial charge < -0.3 is 0 Å². The van der Waals surface area contributed by atoms with Crippen LogP contribution in [-0.4, -0.2) is 15.9 Å². The largest absolute Gasteiger partial charge is 0.282 e. The summed E-state index contributed by atoms with van der Waals surface area (Å²) >= 11 is 11.0. The highest BCUT2D eigenvalue weighted by Gasteiger charge is 2.13. The van der Waals surface area contributed by atoms with Gasteiger partial charge in [-0.1, -0.05) is 65.3 Å². The molecule has 0 aliphatic heterocycles. The third-order valence-corrected chi connectivity index (χ3v) is 6.36. The fraction of sp³-hybridized carbons (Fsp3) is 0.125. The number of aromatic nitrogens is 2. The van der Waals surface area contributed by atoms with Gasteiger partial charge in [0.1, 0.15) is 5.82 Å². The van der Waals surface area contributed by atoms with Crippen LogP contribution in [0.4, 0.5) is 0 Å². The lowest BCUT2D eigenvalue weighted by molar-refractivity contribution is 0.665. The van der Waals surface area contributed by atoms with E-state index in [9.17, 15) is 4.79 Å². The number of fused-ring (bicyclic) bond motifs is 1. The van der Waals surface area contributed by atoms with E-state index in [1.54, 1.807) is 24.0 Å². The van der Waals surface area contributed by atoms with E-state index in [4.69, 9.17) is 11.6 Å². The molecule has 156 valence electrons. The van der Waals surface area contributed by atoms with Crippen LogP contribution in [0.1, 0.15) is 31.2 Å². The van der Waals surface area contributed by atoms with Crippen LogP contribution in [0, 0.1) is 0 Å². The Hall–Kier alpha value is -2.41. The van der Waals surface area contributed by atoms with Crippen molar-refractivity contribution in [3.63, 3.8) is 0 Å². The molecule has 0 atom stereocenters. The van der Waals surface area contributed by atoms with Crippen molar-refractivity contribution >= 4 is 56.4 Å². The molecule has 0 fully saturated rings. The van der Waals surface area contributed by atoms with Crippen LogP contribution in [0.25, 0.3) is 10.9 Å². The lowest BCUT2D eigenvalue weighted by atomic mass is 10.2. The van der Waals surface area contributed by atoms with Crippen molar-refractivity contribution in [3.8, 4) is 0 Å². The molecule has 0 saturated carbocycles. The minimum atomic E-state index is -0.179. The van der Waals surface area contributed by atoms with E-state index in [1.165, 1.54) is 4.68 Å². The highest BCUT2D eigenvalue weighted by atomic mass is 79.9. The van der Waals surface area contributed by atoms with Crippen molar-refractivity contribution in [2.75, 3.05) is 0 Å². The average Bonchev–Trinajstić information content (AvgIpc) is 2.76. The second-order valence-electron chi connectivity index (χ2n) is 7.27. The van der Waals surface area contributed by atoms with E-state index in [0.29, 0.717) is 16.7 Å². The molecule has 4 aromatic rings. The summed E-state index contributed by atoms with van der Waals surface area (Å²) in [5.41, 5.74) is 1.39. The third kappa shape index (κ3) is 5.09. The van der Waals surface area contributed by atoms with Crippen molar-refractivity contribution < 1.29 is 0 Å². The summed E-state index contributed by atoms with van der Waals surface area (Å²) in [5.74, 6) is 0.682. The molecular weight excluding hydrogens is 494 g/mol. The summed E-state index contributed by atoms with van der Waals surface area (Å²) in [6.45, 7) is 4.00. The number of rotatable bonds is 5. The van der Waals surface area contributed by atoms with Crippen LogP contribution in [-0.2, 0) is 0 Å². The smallest absolute Gasteiger partial charge is 0.267 e. The van der Waals surface area contributed by atoms with Gasteiger partial charge in [-0.2, -0.15) is 9.78 Å². The minimum Gasteiger partial charge on any atom is -0.267 e. The first-order valence-corrected chi connectivity index (χ1v) is 11.7. The van der Waals surface area contributed by atoms with E-state index in [-0.39, 0.29) is 11.5 Å². The van der Waals surface area contributed by atoms with E-state index < -0.39 is 0 Å². The molecule has 7 heteroatoms. The molecule has 0 spiro atoms. The zero-order valence-corrected chi connectivity index (χ0v) is 20.1. The molecular formula is C24H19BrClN3OS. The molecule has 0 aliphatic carbocycles. The highest BCUT2D eigenvalue weighted by molar-refractivity contribution is 9.10. The molecule has 0 saturated heterocycles. The Morgan fingerprint density at radius 2 is 1.68 bits per heavy atom. The number of hydrogen-bond donors (Lipinski definition) is 0. The topological polar surface area (TPSA) is 47.2 Å². The lowest BCUT2D eigenvalue weighted by Gasteiger charge is -2.12. The molecule has 0 N–H and O–H groups in total. The monoisotopic (exact) mass is 511 g/mol. The normalized spacial score (nSPS) is 11.6. The van der Waals surface area contributed by atoms with Gasteiger partial charge in [0.25, 0.3) is 5.56 Å². The van der Waals surface area contributed by atoms with E-state index in [1.807, 2.05) is 74.5 Å². The molecule has 0 bridgehead atoms. The van der Waals surface area contributed by atoms with Crippen molar-refractivity contribution in [3.05, 3.63) is 98.0 Å². The van der Waals surface area contributed by atoms with Gasteiger partial charge in [0, 0.05) is 25.2 Å². The number of nitrogens with zero attached hydrogens (tertiary/aromatic N) is 3. The second-order valence-corrected chi connectivity index (χ2v) is 9.77. The average molecular weight is 513 g/mol. The summed E-state index contributed by atoms with van der Waals surface area (Å²) in [4.78, 5) is 20.0. The molecule has 1 heterocycles. The molecule has 0 amide bonds. The number of halogens is 2. The van der Waals surface area contributed by atoms with E-state index >= 15 is 0 Å². The first-order valence-electron chi connectivity index (χ1n) is 9.71. The van der Waals surface area contributed by atoms with Crippen LogP contribution in [0.5, 0.6) is 0 Å². The Balaban J connectivity index is 1.63. The van der Waals surface area contributed by atoms with Gasteiger partial charge in [0.2, 0.25) is 0 Å². The Morgan fingerprint density at radius 1 is 1.03 bits per heavy atom. The fourth-order valence-corrected chi connectivity index (χ4v) is 4.34. The fourth-order valence-electron chi connectivity index (χ4n) is 3.04. The number of hydrogen-bond acceptors (Lipinski definition) is 4. The highest BCUT2D eigenvalue weighted by Crippen LogP contribution is 2.28. The summed E-state index contributed by atoms with van der Waals surface area (Å²) < 4.78 is 2.23. The molecule has 3 aromatic carbocycles. The molecule has 4 rings (SSSR count). The van der Waals surface area contributed by atoms with Crippen molar-refractivity contribution in [2.24, 2.45) is 5.10 Å². The van der Waals surface area contributed by atoms with Crippen molar-refractivity contribution in [2.45, 2.75) is 29.6 Å². The first kappa shape index (κ1) is 21.8. The van der Waals surface area contributed by atoms with Crippen LogP contribution >= 0.6 is 39.3 Å². The zero-order chi connectivity index (χ0) is 22.0. The van der Waals surface area contributed by atoms with Gasteiger partial charge in [-0.25, -0.2) is 4.98 Å². The summed E-state index contributed by atoms with van der Waals surface area (Å²) in [7, 11) is 0. The first-order chi connectivity index (χ1) is 14.9. The summed E-state index contributed by atoms with van der Waals surface area (Å²) in [5, 5.41) is 5.74. The third-order valence-electron chi connectivity index (χ3n) is 4.60. The summed E-state index contributed by atoms with van der Waals surface area (Å²) in [6.07, 6.45) is 1.69. The van der Waals surface area contributed by atoms with Gasteiger partial charge in [-0.05, 0) is 60.2 Å². The quantitative estimate of drug-likeness (QED) is 0.271. The molecule has 0 radical (unpaired) electrons. The predicted octanol–water partition coefficient (Wildman–Crippen LogP) is 6.97. The van der Waals surface area contributed by atoms with Gasteiger partial charge in [0.05, 0.1) is 17.1 Å². The van der Waals surface area contributed by atoms with Crippen molar-refractivity contribution in [1.82, 2.24) is 9.66 Å². The minimum absolute atomic E-state index is 0.0519. The van der Waals surface area contributed by atoms with Crippen molar-refractivity contribution in [1.29, 1.82) is 0 Å². The van der Waals surface area contributed by atoms with Crippen LogP contribution < -0.4 is 5.56 Å². The molecule has 1 aromatic heterocycles. The SMILES string of the molecule is CC(C)c1nc2ccc(Br)cc2c(=O)n1N=Cc1ccc(Sc2ccc(Cl)cc2)cc1. The maximum absolute atomic E-state index is 13.1. The van der Waals surface area contributed by atoms with Gasteiger partial charge in [0.15, 0.2) is 0 Å². The standard InChI is InChI=1S/C24H19BrClN3OS/c1-15(2)23-28-22-12-5-17(25)13-21(22)24(30)29(23)27-14-16-3-8-19(9-4-16)31-20-10-6-18(26)7-11-20/h3-15H,1-2H3. The van der Waals surface area contributed by atoms with Crippen LogP contribution in [0.15, 0.2) is 90.9 Å². The van der Waals surface area contributed by atoms with Crippen LogP contribution in [0.2, 0.25) is 5.02 Å². The Bertz CT molecular complexity index is 1320. The predicted molar refractivity (Wildman–Crippen MR) is 133 cm³/mol. The van der Waals surface area contributed by atoms with E-state index in [2.05, 4.69) is 26.0 Å².